The largest absolute Gasteiger partial charge is 0.493 e. The van der Waals surface area contributed by atoms with Crippen molar-refractivity contribution in [3.8, 4) is 11.5 Å². The normalized spacial score (nSPS) is 13.8. The molecule has 0 spiro atoms. The lowest BCUT2D eigenvalue weighted by atomic mass is 10.0. The quantitative estimate of drug-likeness (QED) is 0.412. The summed E-state index contributed by atoms with van der Waals surface area (Å²) in [5.74, 6) is 0.410. The molecule has 0 fully saturated rings. The molecule has 5 nitrogen and oxygen atoms in total. The number of Topliss-reactive ketones (excluding diaryl/α,β-unsaturated/α-hetero) is 1. The molecular formula is C23H24O5. The van der Waals surface area contributed by atoms with E-state index in [2.05, 4.69) is 0 Å². The highest BCUT2D eigenvalue weighted by molar-refractivity contribution is 6.01. The summed E-state index contributed by atoms with van der Waals surface area (Å²) in [4.78, 5) is 24.7. The highest BCUT2D eigenvalue weighted by atomic mass is 16.5. The number of methoxy groups -OCH3 is 2. The van der Waals surface area contributed by atoms with Gasteiger partial charge in [0.1, 0.15) is 0 Å². The molecule has 0 aromatic heterocycles. The van der Waals surface area contributed by atoms with Crippen LogP contribution in [0.2, 0.25) is 0 Å². The first kappa shape index (κ1) is 19.7. The van der Waals surface area contributed by atoms with Crippen LogP contribution in [0.3, 0.4) is 0 Å². The number of carbonyl (C=O) groups is 2. The Labute approximate surface area is 164 Å². The zero-order valence-corrected chi connectivity index (χ0v) is 16.4. The van der Waals surface area contributed by atoms with E-state index < -0.39 is 12.1 Å². The Balaban J connectivity index is 1.62. The van der Waals surface area contributed by atoms with Crippen LogP contribution in [-0.2, 0) is 22.4 Å². The zero-order valence-electron chi connectivity index (χ0n) is 16.4. The molecule has 0 N–H and O–H groups in total. The summed E-state index contributed by atoms with van der Waals surface area (Å²) in [7, 11) is 3.11. The maximum absolute atomic E-state index is 12.6. The van der Waals surface area contributed by atoms with E-state index >= 15 is 0 Å². The average molecular weight is 380 g/mol. The highest BCUT2D eigenvalue weighted by Crippen LogP contribution is 2.28. The van der Waals surface area contributed by atoms with Crippen molar-refractivity contribution in [2.75, 3.05) is 14.2 Å². The van der Waals surface area contributed by atoms with Crippen LogP contribution in [0, 0.1) is 0 Å². The van der Waals surface area contributed by atoms with Gasteiger partial charge in [-0.15, -0.1) is 0 Å². The summed E-state index contributed by atoms with van der Waals surface area (Å²) in [6.45, 7) is 1.59. The minimum absolute atomic E-state index is 0.192. The lowest BCUT2D eigenvalue weighted by Gasteiger charge is -2.12. The molecule has 1 aliphatic carbocycles. The van der Waals surface area contributed by atoms with Crippen molar-refractivity contribution in [1.82, 2.24) is 0 Å². The molecule has 2 aromatic rings. The van der Waals surface area contributed by atoms with E-state index in [1.54, 1.807) is 45.4 Å². The van der Waals surface area contributed by atoms with Gasteiger partial charge in [0.05, 0.1) is 14.2 Å². The number of rotatable bonds is 7. The molecule has 1 atom stereocenters. The van der Waals surface area contributed by atoms with Crippen LogP contribution < -0.4 is 9.47 Å². The Hall–Kier alpha value is -3.08. The molecule has 0 saturated heterocycles. The van der Waals surface area contributed by atoms with Gasteiger partial charge in [-0.1, -0.05) is 18.2 Å². The fraction of sp³-hybridized carbons (Fsp3) is 0.304. The van der Waals surface area contributed by atoms with Crippen molar-refractivity contribution >= 4 is 17.8 Å². The smallest absolute Gasteiger partial charge is 0.331 e. The standard InChI is InChI=1S/C23H24O5/c1-15(23(25)19-10-9-17-5-4-6-18(17)14-19)28-22(24)12-8-16-7-11-20(26-2)21(13-16)27-3/h7-15H,4-6H2,1-3H3/b12-8+. The van der Waals surface area contributed by atoms with Gasteiger partial charge in [0.2, 0.25) is 5.78 Å². The zero-order chi connectivity index (χ0) is 20.1. The third kappa shape index (κ3) is 4.42. The molecule has 1 aliphatic rings. The second-order valence-corrected chi connectivity index (χ2v) is 6.73. The van der Waals surface area contributed by atoms with Crippen LogP contribution in [-0.4, -0.2) is 32.1 Å². The Bertz CT molecular complexity index is 913. The third-order valence-electron chi connectivity index (χ3n) is 4.86. The van der Waals surface area contributed by atoms with E-state index in [-0.39, 0.29) is 5.78 Å². The number of esters is 1. The van der Waals surface area contributed by atoms with Crippen LogP contribution in [0.1, 0.15) is 40.4 Å². The van der Waals surface area contributed by atoms with E-state index in [1.807, 2.05) is 18.2 Å². The summed E-state index contributed by atoms with van der Waals surface area (Å²) in [6, 6.07) is 11.0. The molecular weight excluding hydrogens is 356 g/mol. The minimum atomic E-state index is -0.845. The molecule has 5 heteroatoms. The minimum Gasteiger partial charge on any atom is -0.493 e. The SMILES string of the molecule is COc1ccc(/C=C/C(=O)OC(C)C(=O)c2ccc3c(c2)CCC3)cc1OC. The number of hydrogen-bond donors (Lipinski definition) is 0. The third-order valence-corrected chi connectivity index (χ3v) is 4.86. The van der Waals surface area contributed by atoms with E-state index in [0.29, 0.717) is 17.1 Å². The maximum Gasteiger partial charge on any atom is 0.331 e. The van der Waals surface area contributed by atoms with E-state index in [9.17, 15) is 9.59 Å². The number of ether oxygens (including phenoxy) is 3. The van der Waals surface area contributed by atoms with E-state index in [4.69, 9.17) is 14.2 Å². The molecule has 3 rings (SSSR count). The summed E-state index contributed by atoms with van der Waals surface area (Å²) in [5.41, 5.74) is 3.87. The van der Waals surface area contributed by atoms with Gasteiger partial charge in [0.25, 0.3) is 0 Å². The molecule has 0 heterocycles. The monoisotopic (exact) mass is 380 g/mol. The van der Waals surface area contributed by atoms with Gasteiger partial charge in [-0.05, 0) is 67.2 Å². The second kappa shape index (κ2) is 8.74. The number of fused-ring (bicyclic) bond motifs is 1. The van der Waals surface area contributed by atoms with Crippen LogP contribution in [0.5, 0.6) is 11.5 Å². The van der Waals surface area contributed by atoms with Crippen molar-refractivity contribution in [2.24, 2.45) is 0 Å². The molecule has 28 heavy (non-hydrogen) atoms. The van der Waals surface area contributed by atoms with Crippen molar-refractivity contribution in [1.29, 1.82) is 0 Å². The maximum atomic E-state index is 12.6. The molecule has 146 valence electrons. The van der Waals surface area contributed by atoms with Crippen molar-refractivity contribution in [3.05, 3.63) is 64.7 Å². The van der Waals surface area contributed by atoms with Crippen LogP contribution in [0.25, 0.3) is 6.08 Å². The van der Waals surface area contributed by atoms with Gasteiger partial charge in [0, 0.05) is 11.6 Å². The van der Waals surface area contributed by atoms with Crippen LogP contribution in [0.15, 0.2) is 42.5 Å². The predicted molar refractivity (Wildman–Crippen MR) is 107 cm³/mol. The fourth-order valence-corrected chi connectivity index (χ4v) is 3.35. The first-order valence-electron chi connectivity index (χ1n) is 9.28. The van der Waals surface area contributed by atoms with Crippen LogP contribution in [0.4, 0.5) is 0 Å². The molecule has 0 radical (unpaired) electrons. The van der Waals surface area contributed by atoms with Crippen molar-refractivity contribution in [2.45, 2.75) is 32.3 Å². The Morgan fingerprint density at radius 3 is 2.46 bits per heavy atom. The average Bonchev–Trinajstić information content (AvgIpc) is 3.19. The van der Waals surface area contributed by atoms with Crippen LogP contribution >= 0.6 is 0 Å². The van der Waals surface area contributed by atoms with Gasteiger partial charge < -0.3 is 14.2 Å². The first-order chi connectivity index (χ1) is 13.5. The van der Waals surface area contributed by atoms with Crippen molar-refractivity contribution < 1.29 is 23.8 Å². The highest BCUT2D eigenvalue weighted by Gasteiger charge is 2.20. The van der Waals surface area contributed by atoms with E-state index in [0.717, 1.165) is 24.8 Å². The molecule has 1 unspecified atom stereocenters. The number of benzene rings is 2. The molecule has 0 bridgehead atoms. The lowest BCUT2D eigenvalue weighted by molar-refractivity contribution is -0.140. The molecule has 0 aliphatic heterocycles. The summed E-state index contributed by atoms with van der Waals surface area (Å²) < 4.78 is 15.7. The summed E-state index contributed by atoms with van der Waals surface area (Å²) in [6.07, 6.45) is 5.25. The first-order valence-corrected chi connectivity index (χ1v) is 9.28. The van der Waals surface area contributed by atoms with Gasteiger partial charge in [-0.2, -0.15) is 0 Å². The Morgan fingerprint density at radius 1 is 0.964 bits per heavy atom. The Kier molecular flexibility index (Phi) is 6.14. The fourth-order valence-electron chi connectivity index (χ4n) is 3.35. The van der Waals surface area contributed by atoms with Gasteiger partial charge in [-0.25, -0.2) is 4.79 Å². The number of aryl methyl sites for hydroxylation is 2. The van der Waals surface area contributed by atoms with Gasteiger partial charge in [0.15, 0.2) is 17.6 Å². The summed E-state index contributed by atoms with van der Waals surface area (Å²) in [5, 5.41) is 0. The van der Waals surface area contributed by atoms with Crippen molar-refractivity contribution in [3.63, 3.8) is 0 Å². The van der Waals surface area contributed by atoms with Gasteiger partial charge in [-0.3, -0.25) is 4.79 Å². The summed E-state index contributed by atoms with van der Waals surface area (Å²) >= 11 is 0. The topological polar surface area (TPSA) is 61.8 Å². The Morgan fingerprint density at radius 2 is 1.71 bits per heavy atom. The van der Waals surface area contributed by atoms with E-state index in [1.165, 1.54) is 17.2 Å². The number of ketones is 1. The molecule has 0 saturated carbocycles. The lowest BCUT2D eigenvalue weighted by Crippen LogP contribution is -2.23. The molecule has 0 amide bonds. The number of carbonyl (C=O) groups excluding carboxylic acids is 2. The molecule has 2 aromatic carbocycles. The predicted octanol–water partition coefficient (Wildman–Crippen LogP) is 4.02. The van der Waals surface area contributed by atoms with Gasteiger partial charge >= 0.3 is 5.97 Å². The second-order valence-electron chi connectivity index (χ2n) is 6.73. The number of hydrogen-bond acceptors (Lipinski definition) is 5.